The second-order valence-corrected chi connectivity index (χ2v) is 9.76. The summed E-state index contributed by atoms with van der Waals surface area (Å²) in [4.78, 5) is 37.2. The molecule has 3 rings (SSSR count). The van der Waals surface area contributed by atoms with Crippen LogP contribution >= 0.6 is 11.3 Å². The quantitative estimate of drug-likeness (QED) is 0.481. The lowest BCUT2D eigenvalue weighted by molar-refractivity contribution is -0.119. The van der Waals surface area contributed by atoms with E-state index in [0.717, 1.165) is 23.2 Å². The zero-order valence-corrected chi connectivity index (χ0v) is 19.5. The van der Waals surface area contributed by atoms with Gasteiger partial charge in [0.25, 0.3) is 5.91 Å². The standard InChI is InChI=1S/C23H21NO7S2/c1-3-30-23(27)20-18(15-7-5-4-6-8-15)14-32-21(20)24-19(25)13-31-22(26)16-9-11-17(12-10-16)33(2,28)29/h4-12,14H,3,13H2,1-2H3,(H,24,25). The molecular weight excluding hydrogens is 466 g/mol. The number of amides is 1. The molecule has 0 fully saturated rings. The number of anilines is 1. The van der Waals surface area contributed by atoms with Gasteiger partial charge in [0.2, 0.25) is 0 Å². The summed E-state index contributed by atoms with van der Waals surface area (Å²) in [6, 6.07) is 14.4. The van der Waals surface area contributed by atoms with Crippen molar-refractivity contribution in [3.63, 3.8) is 0 Å². The highest BCUT2D eigenvalue weighted by Crippen LogP contribution is 2.36. The SMILES string of the molecule is CCOC(=O)c1c(-c2ccccc2)csc1NC(=O)COC(=O)c1ccc(S(C)(=O)=O)cc1. The summed E-state index contributed by atoms with van der Waals surface area (Å²) in [6.07, 6.45) is 1.06. The molecule has 8 nitrogen and oxygen atoms in total. The van der Waals surface area contributed by atoms with Gasteiger partial charge in [-0.15, -0.1) is 11.3 Å². The first-order chi connectivity index (χ1) is 15.7. The van der Waals surface area contributed by atoms with Gasteiger partial charge in [0.15, 0.2) is 16.4 Å². The third kappa shape index (κ3) is 6.05. The molecule has 1 heterocycles. The maximum atomic E-state index is 12.6. The van der Waals surface area contributed by atoms with Gasteiger partial charge in [0.05, 0.1) is 17.1 Å². The van der Waals surface area contributed by atoms with E-state index in [-0.39, 0.29) is 27.6 Å². The van der Waals surface area contributed by atoms with E-state index in [1.807, 2.05) is 30.3 Å². The van der Waals surface area contributed by atoms with Crippen molar-refractivity contribution in [1.82, 2.24) is 0 Å². The number of ether oxygens (including phenoxy) is 2. The van der Waals surface area contributed by atoms with Crippen LogP contribution in [-0.2, 0) is 24.1 Å². The van der Waals surface area contributed by atoms with Gasteiger partial charge in [-0.1, -0.05) is 30.3 Å². The van der Waals surface area contributed by atoms with Gasteiger partial charge in [-0.2, -0.15) is 0 Å². The molecule has 2 aromatic carbocycles. The first-order valence-corrected chi connectivity index (χ1v) is 12.6. The highest BCUT2D eigenvalue weighted by atomic mass is 32.2. The number of carbonyl (C=O) groups excluding carboxylic acids is 3. The summed E-state index contributed by atoms with van der Waals surface area (Å²) < 4.78 is 33.2. The Morgan fingerprint density at radius 3 is 2.21 bits per heavy atom. The summed E-state index contributed by atoms with van der Waals surface area (Å²) in [6.45, 7) is 1.27. The molecule has 0 unspecified atom stereocenters. The Kier molecular flexibility index (Phi) is 7.62. The van der Waals surface area contributed by atoms with E-state index in [9.17, 15) is 22.8 Å². The Balaban J connectivity index is 1.70. The van der Waals surface area contributed by atoms with Crippen LogP contribution in [0.1, 0.15) is 27.6 Å². The summed E-state index contributed by atoms with van der Waals surface area (Å²) in [7, 11) is -3.39. The van der Waals surface area contributed by atoms with Gasteiger partial charge in [-0.3, -0.25) is 4.79 Å². The molecule has 0 saturated carbocycles. The van der Waals surface area contributed by atoms with Crippen LogP contribution in [0, 0.1) is 0 Å². The Morgan fingerprint density at radius 2 is 1.61 bits per heavy atom. The van der Waals surface area contributed by atoms with Crippen LogP contribution in [0.5, 0.6) is 0 Å². The predicted molar refractivity (Wildman–Crippen MR) is 124 cm³/mol. The highest BCUT2D eigenvalue weighted by molar-refractivity contribution is 7.90. The van der Waals surface area contributed by atoms with Crippen molar-refractivity contribution >= 4 is 44.0 Å². The molecule has 1 amide bonds. The number of hydrogen-bond donors (Lipinski definition) is 1. The van der Waals surface area contributed by atoms with E-state index in [2.05, 4.69) is 5.32 Å². The first kappa shape index (κ1) is 24.1. The fourth-order valence-corrected chi connectivity index (χ4v) is 4.51. The van der Waals surface area contributed by atoms with Crippen LogP contribution in [0.3, 0.4) is 0 Å². The number of nitrogens with one attached hydrogen (secondary N) is 1. The largest absolute Gasteiger partial charge is 0.462 e. The lowest BCUT2D eigenvalue weighted by Crippen LogP contribution is -2.21. The average Bonchev–Trinajstić information content (AvgIpc) is 3.21. The minimum Gasteiger partial charge on any atom is -0.462 e. The molecule has 0 bridgehead atoms. The van der Waals surface area contributed by atoms with Crippen molar-refractivity contribution in [2.75, 3.05) is 24.8 Å². The van der Waals surface area contributed by atoms with E-state index in [0.29, 0.717) is 5.56 Å². The molecule has 0 atom stereocenters. The third-order valence-electron chi connectivity index (χ3n) is 4.46. The molecule has 0 aliphatic carbocycles. The van der Waals surface area contributed by atoms with Gasteiger partial charge in [-0.25, -0.2) is 18.0 Å². The summed E-state index contributed by atoms with van der Waals surface area (Å²) in [5.41, 5.74) is 1.74. The fourth-order valence-electron chi connectivity index (χ4n) is 2.90. The molecule has 0 radical (unpaired) electrons. The van der Waals surface area contributed by atoms with Crippen LogP contribution in [-0.4, -0.2) is 45.7 Å². The second kappa shape index (κ2) is 10.4. The topological polar surface area (TPSA) is 116 Å². The van der Waals surface area contributed by atoms with Gasteiger partial charge >= 0.3 is 11.9 Å². The first-order valence-electron chi connectivity index (χ1n) is 9.81. The fraction of sp³-hybridized carbons (Fsp3) is 0.174. The van der Waals surface area contributed by atoms with Crippen LogP contribution < -0.4 is 5.32 Å². The van der Waals surface area contributed by atoms with E-state index in [1.165, 1.54) is 24.3 Å². The predicted octanol–water partition coefficient (Wildman–Crippen LogP) is 3.79. The lowest BCUT2D eigenvalue weighted by atomic mass is 10.0. The van der Waals surface area contributed by atoms with Gasteiger partial charge in [-0.05, 0) is 36.8 Å². The summed E-state index contributed by atoms with van der Waals surface area (Å²) in [5.74, 6) is -1.99. The van der Waals surface area contributed by atoms with E-state index < -0.39 is 34.3 Å². The van der Waals surface area contributed by atoms with Gasteiger partial charge in [0, 0.05) is 17.2 Å². The van der Waals surface area contributed by atoms with Crippen LogP contribution in [0.4, 0.5) is 5.00 Å². The minimum atomic E-state index is -3.39. The minimum absolute atomic E-state index is 0.0650. The van der Waals surface area contributed by atoms with Crippen LogP contribution in [0.2, 0.25) is 0 Å². The summed E-state index contributed by atoms with van der Waals surface area (Å²) in [5, 5.41) is 4.62. The van der Waals surface area contributed by atoms with Crippen molar-refractivity contribution < 1.29 is 32.3 Å². The van der Waals surface area contributed by atoms with E-state index >= 15 is 0 Å². The molecule has 0 spiro atoms. The third-order valence-corrected chi connectivity index (χ3v) is 6.48. The molecule has 172 valence electrons. The lowest BCUT2D eigenvalue weighted by Gasteiger charge is -2.09. The van der Waals surface area contributed by atoms with Crippen LogP contribution in [0.25, 0.3) is 11.1 Å². The second-order valence-electron chi connectivity index (χ2n) is 6.86. The number of thiophene rings is 1. The van der Waals surface area contributed by atoms with Crippen LogP contribution in [0.15, 0.2) is 64.9 Å². The monoisotopic (exact) mass is 487 g/mol. The van der Waals surface area contributed by atoms with E-state index in [1.54, 1.807) is 12.3 Å². The molecule has 0 aliphatic heterocycles. The van der Waals surface area contributed by atoms with Gasteiger partial charge in [0.1, 0.15) is 10.6 Å². The Morgan fingerprint density at radius 1 is 0.939 bits per heavy atom. The number of esters is 2. The van der Waals surface area contributed by atoms with Crippen molar-refractivity contribution in [3.8, 4) is 11.1 Å². The Bertz CT molecular complexity index is 1260. The number of rotatable bonds is 8. The maximum Gasteiger partial charge on any atom is 0.341 e. The average molecular weight is 488 g/mol. The molecule has 33 heavy (non-hydrogen) atoms. The molecular formula is C23H21NO7S2. The molecule has 1 N–H and O–H groups in total. The zero-order valence-electron chi connectivity index (χ0n) is 17.9. The molecule has 0 aliphatic rings. The highest BCUT2D eigenvalue weighted by Gasteiger charge is 2.23. The van der Waals surface area contributed by atoms with Crippen molar-refractivity contribution in [2.24, 2.45) is 0 Å². The molecule has 0 saturated heterocycles. The molecule has 3 aromatic rings. The molecule has 1 aromatic heterocycles. The summed E-state index contributed by atoms with van der Waals surface area (Å²) >= 11 is 1.16. The molecule has 10 heteroatoms. The number of sulfone groups is 1. The zero-order chi connectivity index (χ0) is 24.0. The normalized spacial score (nSPS) is 11.0. The smallest absolute Gasteiger partial charge is 0.341 e. The maximum absolute atomic E-state index is 12.6. The Hall–Kier alpha value is -3.50. The van der Waals surface area contributed by atoms with Gasteiger partial charge < -0.3 is 14.8 Å². The van der Waals surface area contributed by atoms with Crippen molar-refractivity contribution in [3.05, 3.63) is 71.1 Å². The number of hydrogen-bond acceptors (Lipinski definition) is 8. The number of carbonyl (C=O) groups is 3. The van der Waals surface area contributed by atoms with Crippen molar-refractivity contribution in [2.45, 2.75) is 11.8 Å². The van der Waals surface area contributed by atoms with Crippen molar-refractivity contribution in [1.29, 1.82) is 0 Å². The van der Waals surface area contributed by atoms with E-state index in [4.69, 9.17) is 9.47 Å². The number of benzene rings is 2. The Labute approximate surface area is 195 Å².